The van der Waals surface area contributed by atoms with Crippen molar-refractivity contribution in [3.8, 4) is 0 Å². The zero-order valence-corrected chi connectivity index (χ0v) is 15.7. The molecule has 1 aromatic rings. The summed E-state index contributed by atoms with van der Waals surface area (Å²) in [6.07, 6.45) is 10.3. The second-order valence-corrected chi connectivity index (χ2v) is 9.29. The van der Waals surface area contributed by atoms with Gasteiger partial charge in [-0.1, -0.05) is 0 Å². The SMILES string of the molecule is Cn1cc(C(=O)N2CCN(C34CC5CC(CC(C5)C3)C4)CC2)ccc1=O. The van der Waals surface area contributed by atoms with Gasteiger partial charge >= 0.3 is 0 Å². The third-order valence-electron chi connectivity index (χ3n) is 7.58. The molecular formula is C21H29N3O2. The first-order valence-corrected chi connectivity index (χ1v) is 10.2. The van der Waals surface area contributed by atoms with Crippen LogP contribution >= 0.6 is 0 Å². The topological polar surface area (TPSA) is 45.6 Å². The van der Waals surface area contributed by atoms with Gasteiger partial charge in [-0.05, 0) is 62.3 Å². The van der Waals surface area contributed by atoms with E-state index < -0.39 is 0 Å². The Morgan fingerprint density at radius 1 is 0.962 bits per heavy atom. The van der Waals surface area contributed by atoms with E-state index in [9.17, 15) is 9.59 Å². The lowest BCUT2D eigenvalue weighted by Gasteiger charge is -2.61. The van der Waals surface area contributed by atoms with Gasteiger partial charge in [-0.2, -0.15) is 0 Å². The van der Waals surface area contributed by atoms with Crippen molar-refractivity contribution >= 4 is 5.91 Å². The third kappa shape index (κ3) is 2.63. The van der Waals surface area contributed by atoms with Gasteiger partial charge in [0.25, 0.3) is 5.91 Å². The van der Waals surface area contributed by atoms with Crippen molar-refractivity contribution in [2.45, 2.75) is 44.1 Å². The molecular weight excluding hydrogens is 326 g/mol. The predicted octanol–water partition coefficient (Wildman–Crippen LogP) is 2.11. The quantitative estimate of drug-likeness (QED) is 0.816. The zero-order chi connectivity index (χ0) is 17.9. The van der Waals surface area contributed by atoms with Crippen molar-refractivity contribution in [3.05, 3.63) is 34.2 Å². The molecule has 140 valence electrons. The number of aromatic nitrogens is 1. The summed E-state index contributed by atoms with van der Waals surface area (Å²) in [5.41, 5.74) is 0.990. The smallest absolute Gasteiger partial charge is 0.255 e. The zero-order valence-electron chi connectivity index (χ0n) is 15.7. The highest BCUT2D eigenvalue weighted by atomic mass is 16.2. The van der Waals surface area contributed by atoms with Gasteiger partial charge in [0.15, 0.2) is 0 Å². The standard InChI is InChI=1S/C21H29N3O2/c1-22-14-18(2-3-19(22)25)20(26)23-4-6-24(7-5-23)21-11-15-8-16(12-21)10-17(9-15)13-21/h2-3,14-17H,4-13H2,1H3. The number of piperazine rings is 1. The summed E-state index contributed by atoms with van der Waals surface area (Å²) in [6, 6.07) is 3.15. The molecule has 26 heavy (non-hydrogen) atoms. The number of carbonyl (C=O) groups is 1. The molecule has 0 aromatic carbocycles. The van der Waals surface area contributed by atoms with Crippen molar-refractivity contribution in [2.75, 3.05) is 26.2 Å². The molecule has 1 aliphatic heterocycles. The van der Waals surface area contributed by atoms with E-state index in [1.807, 2.05) is 4.90 Å². The van der Waals surface area contributed by atoms with Crippen molar-refractivity contribution in [1.29, 1.82) is 0 Å². The van der Waals surface area contributed by atoms with E-state index in [1.54, 1.807) is 19.3 Å². The Labute approximate surface area is 155 Å². The summed E-state index contributed by atoms with van der Waals surface area (Å²) in [7, 11) is 1.70. The number of nitrogens with zero attached hydrogens (tertiary/aromatic N) is 3. The van der Waals surface area contributed by atoms with Gasteiger partial charge in [0.2, 0.25) is 5.56 Å². The highest BCUT2D eigenvalue weighted by molar-refractivity contribution is 5.94. The van der Waals surface area contributed by atoms with Crippen LogP contribution in [0.5, 0.6) is 0 Å². The van der Waals surface area contributed by atoms with Crippen molar-refractivity contribution < 1.29 is 4.79 Å². The Morgan fingerprint density at radius 2 is 1.54 bits per heavy atom. The lowest BCUT2D eigenvalue weighted by atomic mass is 9.52. The van der Waals surface area contributed by atoms with E-state index >= 15 is 0 Å². The van der Waals surface area contributed by atoms with Crippen LogP contribution in [0.1, 0.15) is 48.9 Å². The predicted molar refractivity (Wildman–Crippen MR) is 100 cm³/mol. The molecule has 0 spiro atoms. The largest absolute Gasteiger partial charge is 0.336 e. The van der Waals surface area contributed by atoms with E-state index in [0.717, 1.165) is 43.9 Å². The van der Waals surface area contributed by atoms with Crippen LogP contribution in [-0.4, -0.2) is 52.0 Å². The summed E-state index contributed by atoms with van der Waals surface area (Å²) >= 11 is 0. The van der Waals surface area contributed by atoms with Crippen LogP contribution in [0.3, 0.4) is 0 Å². The number of amides is 1. The van der Waals surface area contributed by atoms with Crippen molar-refractivity contribution in [1.82, 2.24) is 14.4 Å². The number of pyridine rings is 1. The molecule has 0 unspecified atom stereocenters. The van der Waals surface area contributed by atoms with Gasteiger partial charge in [-0.3, -0.25) is 14.5 Å². The van der Waals surface area contributed by atoms with Crippen LogP contribution < -0.4 is 5.56 Å². The fraction of sp³-hybridized carbons (Fsp3) is 0.714. The number of aryl methyl sites for hydroxylation is 1. The lowest BCUT2D eigenvalue weighted by molar-refractivity contribution is -0.0987. The second-order valence-electron chi connectivity index (χ2n) is 9.29. The number of rotatable bonds is 2. The van der Waals surface area contributed by atoms with Gasteiger partial charge in [-0.15, -0.1) is 0 Å². The van der Waals surface area contributed by atoms with Gasteiger partial charge in [0, 0.05) is 51.0 Å². The monoisotopic (exact) mass is 355 g/mol. The van der Waals surface area contributed by atoms with Gasteiger partial charge in [0.1, 0.15) is 0 Å². The first-order chi connectivity index (χ1) is 12.5. The molecule has 1 aromatic heterocycles. The fourth-order valence-electron chi connectivity index (χ4n) is 6.74. The maximum Gasteiger partial charge on any atom is 0.255 e. The van der Waals surface area contributed by atoms with Crippen LogP contribution in [0.4, 0.5) is 0 Å². The van der Waals surface area contributed by atoms with Gasteiger partial charge in [-0.25, -0.2) is 0 Å². The molecule has 1 saturated heterocycles. The molecule has 2 heterocycles. The molecule has 4 bridgehead atoms. The minimum atomic E-state index is -0.0758. The van der Waals surface area contributed by atoms with E-state index in [2.05, 4.69) is 4.90 Å². The minimum Gasteiger partial charge on any atom is -0.336 e. The maximum absolute atomic E-state index is 12.8. The highest BCUT2D eigenvalue weighted by Gasteiger charge is 2.53. The Hall–Kier alpha value is -1.62. The first kappa shape index (κ1) is 16.5. The average Bonchev–Trinajstić information content (AvgIpc) is 2.62. The molecule has 5 fully saturated rings. The Morgan fingerprint density at radius 3 is 2.08 bits per heavy atom. The summed E-state index contributed by atoms with van der Waals surface area (Å²) in [4.78, 5) is 29.1. The number of hydrogen-bond donors (Lipinski definition) is 0. The Bertz CT molecular complexity index is 740. The molecule has 0 atom stereocenters. The van der Waals surface area contributed by atoms with Crippen molar-refractivity contribution in [3.63, 3.8) is 0 Å². The average molecular weight is 355 g/mol. The van der Waals surface area contributed by atoms with Crippen LogP contribution in [0.25, 0.3) is 0 Å². The van der Waals surface area contributed by atoms with Gasteiger partial charge < -0.3 is 9.47 Å². The summed E-state index contributed by atoms with van der Waals surface area (Å²) < 4.78 is 1.49. The van der Waals surface area contributed by atoms with Crippen LogP contribution in [-0.2, 0) is 7.05 Å². The van der Waals surface area contributed by atoms with E-state index in [4.69, 9.17) is 0 Å². The first-order valence-electron chi connectivity index (χ1n) is 10.2. The number of carbonyl (C=O) groups excluding carboxylic acids is 1. The van der Waals surface area contributed by atoms with Crippen molar-refractivity contribution in [2.24, 2.45) is 24.8 Å². The normalized spacial score (nSPS) is 36.5. The lowest BCUT2D eigenvalue weighted by Crippen LogP contribution is -2.64. The second kappa shape index (κ2) is 5.95. The van der Waals surface area contributed by atoms with Crippen LogP contribution in [0, 0.1) is 17.8 Å². The molecule has 4 saturated carbocycles. The maximum atomic E-state index is 12.8. The molecule has 1 amide bonds. The molecule has 6 rings (SSSR count). The third-order valence-corrected chi connectivity index (χ3v) is 7.58. The Kier molecular flexibility index (Phi) is 3.78. The van der Waals surface area contributed by atoms with E-state index in [-0.39, 0.29) is 11.5 Å². The van der Waals surface area contributed by atoms with E-state index in [1.165, 1.54) is 49.2 Å². The van der Waals surface area contributed by atoms with Gasteiger partial charge in [0.05, 0.1) is 5.56 Å². The summed E-state index contributed by atoms with van der Waals surface area (Å²) in [6.45, 7) is 3.63. The summed E-state index contributed by atoms with van der Waals surface area (Å²) in [5, 5.41) is 0. The molecule has 4 aliphatic carbocycles. The Balaban J connectivity index is 1.27. The summed E-state index contributed by atoms with van der Waals surface area (Å²) in [5.74, 6) is 2.95. The fourth-order valence-corrected chi connectivity index (χ4v) is 6.74. The highest BCUT2D eigenvalue weighted by Crippen LogP contribution is 2.57. The minimum absolute atomic E-state index is 0.0609. The molecule has 0 N–H and O–H groups in total. The molecule has 0 radical (unpaired) electrons. The molecule has 5 aliphatic rings. The van der Waals surface area contributed by atoms with E-state index in [0.29, 0.717) is 11.1 Å². The van der Waals surface area contributed by atoms with Crippen LogP contribution in [0.15, 0.2) is 23.1 Å². The molecule has 5 heteroatoms. The number of hydrogen-bond acceptors (Lipinski definition) is 3. The molecule has 5 nitrogen and oxygen atoms in total. The van der Waals surface area contributed by atoms with Crippen LogP contribution in [0.2, 0.25) is 0 Å².